The summed E-state index contributed by atoms with van der Waals surface area (Å²) in [5, 5.41) is 1.86. The molecule has 0 heterocycles. The molecule has 0 aliphatic heterocycles. The Hall–Kier alpha value is -2.42. The molecule has 0 aliphatic carbocycles. The third kappa shape index (κ3) is 5.05. The zero-order chi connectivity index (χ0) is 18.7. The van der Waals surface area contributed by atoms with E-state index in [1.54, 1.807) is 20.8 Å². The summed E-state index contributed by atoms with van der Waals surface area (Å²) in [6, 6.07) is 2.98. The summed E-state index contributed by atoms with van der Waals surface area (Å²) < 4.78 is 28.4. The number of hydrogen-bond donors (Lipinski definition) is 2. The van der Waals surface area contributed by atoms with E-state index in [1.165, 1.54) is 18.2 Å². The first-order valence-electron chi connectivity index (χ1n) is 7.05. The van der Waals surface area contributed by atoms with Crippen LogP contribution < -0.4 is 11.1 Å². The van der Waals surface area contributed by atoms with Gasteiger partial charge in [0.25, 0.3) is 5.91 Å². The molecule has 9 heteroatoms. The van der Waals surface area contributed by atoms with Gasteiger partial charge in [-0.05, 0) is 30.5 Å². The van der Waals surface area contributed by atoms with Crippen LogP contribution in [0, 0.1) is 12.8 Å². The van der Waals surface area contributed by atoms with Crippen molar-refractivity contribution >= 4 is 27.7 Å². The Balaban J connectivity index is 3.12. The normalized spacial score (nSPS) is 12.5. The van der Waals surface area contributed by atoms with Crippen LogP contribution in [0.15, 0.2) is 23.1 Å². The maximum absolute atomic E-state index is 12.3. The third-order valence-corrected chi connectivity index (χ3v) is 4.31. The quantitative estimate of drug-likeness (QED) is 0.749. The molecule has 0 saturated carbocycles. The number of urea groups is 1. The van der Waals surface area contributed by atoms with Crippen LogP contribution in [-0.4, -0.2) is 38.7 Å². The van der Waals surface area contributed by atoms with Gasteiger partial charge in [-0.25, -0.2) is 18.0 Å². The molecule has 0 spiro atoms. The highest BCUT2D eigenvalue weighted by Crippen LogP contribution is 2.18. The molecule has 0 radical (unpaired) electrons. The Bertz CT molecular complexity index is 770. The number of carbonyl (C=O) groups excluding carboxylic acids is 3. The van der Waals surface area contributed by atoms with Gasteiger partial charge in [0.05, 0.1) is 10.5 Å². The molecule has 0 aliphatic rings. The first-order chi connectivity index (χ1) is 10.9. The van der Waals surface area contributed by atoms with E-state index in [9.17, 15) is 22.8 Å². The average Bonchev–Trinajstić information content (AvgIpc) is 2.42. The smallest absolute Gasteiger partial charge is 0.339 e. The number of benzene rings is 1. The van der Waals surface area contributed by atoms with Crippen LogP contribution >= 0.6 is 0 Å². The summed E-state index contributed by atoms with van der Waals surface area (Å²) >= 11 is 0. The molecule has 1 aromatic rings. The number of rotatable bonds is 5. The third-order valence-electron chi connectivity index (χ3n) is 3.20. The van der Waals surface area contributed by atoms with Crippen LogP contribution in [0.25, 0.3) is 0 Å². The van der Waals surface area contributed by atoms with E-state index in [0.29, 0.717) is 5.56 Å². The van der Waals surface area contributed by atoms with Crippen LogP contribution in [0.1, 0.15) is 29.8 Å². The molecule has 0 bridgehead atoms. The summed E-state index contributed by atoms with van der Waals surface area (Å²) in [5.41, 5.74) is 5.40. The number of aryl methyl sites for hydroxylation is 1. The van der Waals surface area contributed by atoms with Crippen molar-refractivity contribution in [2.24, 2.45) is 11.7 Å². The zero-order valence-corrected chi connectivity index (χ0v) is 14.6. The summed E-state index contributed by atoms with van der Waals surface area (Å²) in [7, 11) is -3.50. The topological polar surface area (TPSA) is 133 Å². The SMILES string of the molecule is Cc1ccc(S(C)(=O)=O)cc1C(=O)O[C@H](C(=O)NC(N)=O)C(C)C. The predicted octanol–water partition coefficient (Wildman–Crippen LogP) is 0.775. The maximum atomic E-state index is 12.3. The molecular formula is C15H20N2O6S. The van der Waals surface area contributed by atoms with Gasteiger partial charge in [0.15, 0.2) is 15.9 Å². The second-order valence-electron chi connectivity index (χ2n) is 5.67. The van der Waals surface area contributed by atoms with Crippen LogP contribution in [-0.2, 0) is 19.4 Å². The lowest BCUT2D eigenvalue weighted by molar-refractivity contribution is -0.130. The molecular weight excluding hydrogens is 336 g/mol. The van der Waals surface area contributed by atoms with E-state index in [-0.39, 0.29) is 10.5 Å². The van der Waals surface area contributed by atoms with Gasteiger partial charge in [0.1, 0.15) is 0 Å². The lowest BCUT2D eigenvalue weighted by atomic mass is 10.1. The molecule has 0 unspecified atom stereocenters. The van der Waals surface area contributed by atoms with Gasteiger partial charge in [-0.15, -0.1) is 0 Å². The Morgan fingerprint density at radius 1 is 1.21 bits per heavy atom. The number of nitrogens with one attached hydrogen (secondary N) is 1. The van der Waals surface area contributed by atoms with Crippen molar-refractivity contribution in [2.75, 3.05) is 6.26 Å². The van der Waals surface area contributed by atoms with Gasteiger partial charge in [0.2, 0.25) is 0 Å². The molecule has 0 saturated heterocycles. The highest BCUT2D eigenvalue weighted by molar-refractivity contribution is 7.90. The van der Waals surface area contributed by atoms with E-state index in [4.69, 9.17) is 10.5 Å². The van der Waals surface area contributed by atoms with E-state index in [1.807, 2.05) is 5.32 Å². The molecule has 0 aromatic heterocycles. The molecule has 8 nitrogen and oxygen atoms in total. The minimum atomic E-state index is -3.50. The Morgan fingerprint density at radius 3 is 2.25 bits per heavy atom. The molecule has 132 valence electrons. The Morgan fingerprint density at radius 2 is 1.79 bits per heavy atom. The number of sulfone groups is 1. The summed E-state index contributed by atoms with van der Waals surface area (Å²) in [4.78, 5) is 35.0. The molecule has 1 atom stereocenters. The van der Waals surface area contributed by atoms with E-state index < -0.39 is 39.8 Å². The predicted molar refractivity (Wildman–Crippen MR) is 86.1 cm³/mol. The number of primary amides is 1. The van der Waals surface area contributed by atoms with Gasteiger partial charge in [-0.1, -0.05) is 19.9 Å². The number of ether oxygens (including phenoxy) is 1. The number of amides is 3. The second kappa shape index (κ2) is 7.43. The fraction of sp³-hybridized carbons (Fsp3) is 0.400. The fourth-order valence-electron chi connectivity index (χ4n) is 1.92. The van der Waals surface area contributed by atoms with Crippen molar-refractivity contribution in [2.45, 2.75) is 31.8 Å². The zero-order valence-electron chi connectivity index (χ0n) is 13.8. The van der Waals surface area contributed by atoms with Crippen LogP contribution in [0.3, 0.4) is 0 Å². The van der Waals surface area contributed by atoms with Crippen molar-refractivity contribution in [3.05, 3.63) is 29.3 Å². The second-order valence-corrected chi connectivity index (χ2v) is 7.69. The molecule has 3 N–H and O–H groups in total. The minimum Gasteiger partial charge on any atom is -0.448 e. The van der Waals surface area contributed by atoms with E-state index in [2.05, 4.69) is 0 Å². The molecule has 0 fully saturated rings. The van der Waals surface area contributed by atoms with Gasteiger partial charge in [-0.3, -0.25) is 10.1 Å². The lowest BCUT2D eigenvalue weighted by Gasteiger charge is -2.20. The highest BCUT2D eigenvalue weighted by atomic mass is 32.2. The van der Waals surface area contributed by atoms with E-state index in [0.717, 1.165) is 6.26 Å². The van der Waals surface area contributed by atoms with Gasteiger partial charge in [-0.2, -0.15) is 0 Å². The molecule has 1 rings (SSSR count). The van der Waals surface area contributed by atoms with E-state index >= 15 is 0 Å². The largest absolute Gasteiger partial charge is 0.448 e. The van der Waals surface area contributed by atoms with Crippen molar-refractivity contribution in [1.29, 1.82) is 0 Å². The van der Waals surface area contributed by atoms with Gasteiger partial charge >= 0.3 is 12.0 Å². The first-order valence-corrected chi connectivity index (χ1v) is 8.94. The van der Waals surface area contributed by atoms with Crippen LogP contribution in [0.4, 0.5) is 4.79 Å². The van der Waals surface area contributed by atoms with Gasteiger partial charge in [0, 0.05) is 6.26 Å². The van der Waals surface area contributed by atoms with Crippen molar-refractivity contribution in [3.8, 4) is 0 Å². The van der Waals surface area contributed by atoms with Gasteiger partial charge < -0.3 is 10.5 Å². The summed E-state index contributed by atoms with van der Waals surface area (Å²) in [6.45, 7) is 4.85. The van der Waals surface area contributed by atoms with Crippen LogP contribution in [0.2, 0.25) is 0 Å². The molecule has 1 aromatic carbocycles. The molecule has 24 heavy (non-hydrogen) atoms. The Labute approximate surface area is 140 Å². The lowest BCUT2D eigenvalue weighted by Crippen LogP contribution is -2.45. The number of carbonyl (C=O) groups is 3. The number of imide groups is 1. The molecule has 3 amide bonds. The maximum Gasteiger partial charge on any atom is 0.339 e. The monoisotopic (exact) mass is 356 g/mol. The highest BCUT2D eigenvalue weighted by Gasteiger charge is 2.28. The number of hydrogen-bond acceptors (Lipinski definition) is 6. The van der Waals surface area contributed by atoms with Crippen LogP contribution in [0.5, 0.6) is 0 Å². The standard InChI is InChI=1S/C15H20N2O6S/c1-8(2)12(13(18)17-15(16)20)23-14(19)11-7-10(24(4,21)22)6-5-9(11)3/h5-8,12H,1-4H3,(H3,16,17,18,20)/t12-/m0/s1. The van der Waals surface area contributed by atoms with Crippen molar-refractivity contribution < 1.29 is 27.5 Å². The average molecular weight is 356 g/mol. The fourth-order valence-corrected chi connectivity index (χ4v) is 2.56. The summed E-state index contributed by atoms with van der Waals surface area (Å²) in [6.07, 6.45) is -0.226. The first kappa shape index (κ1) is 19.6. The Kier molecular flexibility index (Phi) is 6.08. The number of nitrogens with two attached hydrogens (primary N) is 1. The van der Waals surface area contributed by atoms with Crippen molar-refractivity contribution in [1.82, 2.24) is 5.32 Å². The summed E-state index contributed by atoms with van der Waals surface area (Å²) in [5.74, 6) is -2.13. The number of esters is 1. The van der Waals surface area contributed by atoms with Crippen molar-refractivity contribution in [3.63, 3.8) is 0 Å². The minimum absolute atomic E-state index is 0.0236.